The summed E-state index contributed by atoms with van der Waals surface area (Å²) in [7, 11) is 0. The van der Waals surface area contributed by atoms with Gasteiger partial charge in [0.05, 0.1) is 0 Å². The van der Waals surface area contributed by atoms with Gasteiger partial charge in [0.15, 0.2) is 0 Å². The summed E-state index contributed by atoms with van der Waals surface area (Å²) in [6, 6.07) is 1.17. The molecule has 2 nitrogen and oxygen atoms in total. The minimum Gasteiger partial charge on any atom is -0.328 e. The summed E-state index contributed by atoms with van der Waals surface area (Å²) in [5.41, 5.74) is 6.00. The molecular formula is C14H28N2. The molecule has 0 aromatic heterocycles. The second-order valence-corrected chi connectivity index (χ2v) is 5.87. The summed E-state index contributed by atoms with van der Waals surface area (Å²) in [5, 5.41) is 3.72. The molecule has 2 fully saturated rings. The Morgan fingerprint density at radius 3 is 2.50 bits per heavy atom. The average Bonchev–Trinajstić information content (AvgIpc) is 2.30. The summed E-state index contributed by atoms with van der Waals surface area (Å²) in [6.45, 7) is 1.22. The molecule has 0 aromatic rings. The van der Waals surface area contributed by atoms with Crippen LogP contribution in [0.25, 0.3) is 0 Å². The quantitative estimate of drug-likeness (QED) is 0.770. The van der Waals surface area contributed by atoms with E-state index in [1.54, 1.807) is 0 Å². The lowest BCUT2D eigenvalue weighted by Crippen LogP contribution is -2.40. The van der Waals surface area contributed by atoms with Crippen molar-refractivity contribution in [2.24, 2.45) is 11.7 Å². The lowest BCUT2D eigenvalue weighted by Gasteiger charge is -2.28. The van der Waals surface area contributed by atoms with Crippen molar-refractivity contribution in [1.82, 2.24) is 5.32 Å². The fourth-order valence-corrected chi connectivity index (χ4v) is 3.38. The van der Waals surface area contributed by atoms with Crippen LogP contribution in [0.2, 0.25) is 0 Å². The van der Waals surface area contributed by atoms with Crippen molar-refractivity contribution in [3.63, 3.8) is 0 Å². The van der Waals surface area contributed by atoms with Gasteiger partial charge in [-0.2, -0.15) is 0 Å². The van der Waals surface area contributed by atoms with Crippen molar-refractivity contribution >= 4 is 0 Å². The summed E-state index contributed by atoms with van der Waals surface area (Å²) in [4.78, 5) is 0. The molecule has 0 heterocycles. The summed E-state index contributed by atoms with van der Waals surface area (Å²) < 4.78 is 0. The Bertz CT molecular complexity index is 187. The lowest BCUT2D eigenvalue weighted by molar-refractivity contribution is 0.301. The van der Waals surface area contributed by atoms with Gasteiger partial charge in [0.2, 0.25) is 0 Å². The summed E-state index contributed by atoms with van der Waals surface area (Å²) >= 11 is 0. The van der Waals surface area contributed by atoms with E-state index < -0.39 is 0 Å². The second kappa shape index (κ2) is 6.61. The summed E-state index contributed by atoms with van der Waals surface area (Å²) in [6.07, 6.45) is 13.9. The van der Waals surface area contributed by atoms with Gasteiger partial charge in [-0.3, -0.25) is 0 Å². The van der Waals surface area contributed by atoms with Gasteiger partial charge in [-0.05, 0) is 38.1 Å². The normalized spacial score (nSPS) is 32.8. The molecule has 2 heteroatoms. The first kappa shape index (κ1) is 12.4. The predicted octanol–water partition coefficient (Wildman–Crippen LogP) is 2.82. The van der Waals surface area contributed by atoms with Gasteiger partial charge < -0.3 is 11.1 Å². The SMILES string of the molecule is NC1CCCC(NCCC2CCCCC2)C1. The van der Waals surface area contributed by atoms with Crippen molar-refractivity contribution in [3.8, 4) is 0 Å². The molecular weight excluding hydrogens is 196 g/mol. The molecule has 0 spiro atoms. The van der Waals surface area contributed by atoms with Crippen LogP contribution in [0.15, 0.2) is 0 Å². The van der Waals surface area contributed by atoms with E-state index in [0.717, 1.165) is 5.92 Å². The molecule has 16 heavy (non-hydrogen) atoms. The number of nitrogens with two attached hydrogens (primary N) is 1. The maximum Gasteiger partial charge on any atom is 0.00818 e. The van der Waals surface area contributed by atoms with E-state index in [2.05, 4.69) is 5.32 Å². The number of hydrogen-bond acceptors (Lipinski definition) is 2. The van der Waals surface area contributed by atoms with E-state index in [9.17, 15) is 0 Å². The monoisotopic (exact) mass is 224 g/mol. The molecule has 0 saturated heterocycles. The first-order chi connectivity index (χ1) is 7.84. The van der Waals surface area contributed by atoms with Crippen LogP contribution in [0.4, 0.5) is 0 Å². The van der Waals surface area contributed by atoms with Crippen LogP contribution in [-0.2, 0) is 0 Å². The fourth-order valence-electron chi connectivity index (χ4n) is 3.38. The van der Waals surface area contributed by atoms with Crippen molar-refractivity contribution in [2.75, 3.05) is 6.54 Å². The van der Waals surface area contributed by atoms with Crippen molar-refractivity contribution < 1.29 is 0 Å². The van der Waals surface area contributed by atoms with E-state index in [-0.39, 0.29) is 0 Å². The van der Waals surface area contributed by atoms with Gasteiger partial charge in [0.25, 0.3) is 0 Å². The molecule has 2 saturated carbocycles. The van der Waals surface area contributed by atoms with E-state index in [1.165, 1.54) is 70.8 Å². The molecule has 2 aliphatic carbocycles. The van der Waals surface area contributed by atoms with Crippen LogP contribution in [-0.4, -0.2) is 18.6 Å². The largest absolute Gasteiger partial charge is 0.328 e. The first-order valence-corrected chi connectivity index (χ1v) is 7.33. The highest BCUT2D eigenvalue weighted by atomic mass is 14.9. The second-order valence-electron chi connectivity index (χ2n) is 5.87. The highest BCUT2D eigenvalue weighted by Gasteiger charge is 2.19. The van der Waals surface area contributed by atoms with Crippen LogP contribution in [0.5, 0.6) is 0 Å². The molecule has 0 aromatic carbocycles. The average molecular weight is 224 g/mol. The molecule has 0 aliphatic heterocycles. The molecule has 0 amide bonds. The Morgan fingerprint density at radius 2 is 1.75 bits per heavy atom. The topological polar surface area (TPSA) is 38.0 Å². The standard InChI is InChI=1S/C14H28N2/c15-13-7-4-8-14(11-13)16-10-9-12-5-2-1-3-6-12/h12-14,16H,1-11,15H2. The zero-order chi connectivity index (χ0) is 11.2. The van der Waals surface area contributed by atoms with E-state index in [1.807, 2.05) is 0 Å². The van der Waals surface area contributed by atoms with Crippen LogP contribution in [0, 0.1) is 5.92 Å². The maximum atomic E-state index is 6.00. The van der Waals surface area contributed by atoms with Gasteiger partial charge in [0, 0.05) is 12.1 Å². The van der Waals surface area contributed by atoms with Gasteiger partial charge in [0.1, 0.15) is 0 Å². The molecule has 0 radical (unpaired) electrons. The Hall–Kier alpha value is -0.0800. The van der Waals surface area contributed by atoms with Gasteiger partial charge in [-0.15, -0.1) is 0 Å². The van der Waals surface area contributed by atoms with E-state index in [4.69, 9.17) is 5.73 Å². The number of rotatable bonds is 4. The number of hydrogen-bond donors (Lipinski definition) is 2. The molecule has 2 aliphatic rings. The Kier molecular flexibility index (Phi) is 5.11. The van der Waals surface area contributed by atoms with Crippen LogP contribution >= 0.6 is 0 Å². The molecule has 2 atom stereocenters. The molecule has 2 unspecified atom stereocenters. The molecule has 0 bridgehead atoms. The van der Waals surface area contributed by atoms with Crippen molar-refractivity contribution in [3.05, 3.63) is 0 Å². The third kappa shape index (κ3) is 4.06. The van der Waals surface area contributed by atoms with Crippen molar-refractivity contribution in [2.45, 2.75) is 76.3 Å². The zero-order valence-corrected chi connectivity index (χ0v) is 10.6. The lowest BCUT2D eigenvalue weighted by atomic mass is 9.86. The van der Waals surface area contributed by atoms with Crippen LogP contribution in [0.3, 0.4) is 0 Å². The Labute approximate surface area is 100 Å². The van der Waals surface area contributed by atoms with Gasteiger partial charge in [-0.1, -0.05) is 38.5 Å². The Balaban J connectivity index is 1.56. The minimum absolute atomic E-state index is 0.459. The predicted molar refractivity (Wildman–Crippen MR) is 69.4 cm³/mol. The zero-order valence-electron chi connectivity index (χ0n) is 10.6. The van der Waals surface area contributed by atoms with E-state index >= 15 is 0 Å². The van der Waals surface area contributed by atoms with Gasteiger partial charge in [-0.25, -0.2) is 0 Å². The molecule has 2 rings (SSSR count). The molecule has 3 N–H and O–H groups in total. The minimum atomic E-state index is 0.459. The van der Waals surface area contributed by atoms with Crippen molar-refractivity contribution in [1.29, 1.82) is 0 Å². The fraction of sp³-hybridized carbons (Fsp3) is 1.00. The maximum absolute atomic E-state index is 6.00. The number of nitrogens with one attached hydrogen (secondary N) is 1. The van der Waals surface area contributed by atoms with E-state index in [0.29, 0.717) is 12.1 Å². The smallest absolute Gasteiger partial charge is 0.00818 e. The Morgan fingerprint density at radius 1 is 0.938 bits per heavy atom. The van der Waals surface area contributed by atoms with Crippen LogP contribution in [0.1, 0.15) is 64.2 Å². The molecule has 94 valence electrons. The summed E-state index contributed by atoms with van der Waals surface area (Å²) in [5.74, 6) is 1.01. The van der Waals surface area contributed by atoms with Crippen LogP contribution < -0.4 is 11.1 Å². The first-order valence-electron chi connectivity index (χ1n) is 7.33. The highest BCUT2D eigenvalue weighted by molar-refractivity contribution is 4.80. The van der Waals surface area contributed by atoms with Gasteiger partial charge >= 0.3 is 0 Å². The third-order valence-corrected chi connectivity index (χ3v) is 4.43. The third-order valence-electron chi connectivity index (χ3n) is 4.43. The highest BCUT2D eigenvalue weighted by Crippen LogP contribution is 2.26.